The summed E-state index contributed by atoms with van der Waals surface area (Å²) in [5, 5.41) is 21.0. The lowest BCUT2D eigenvalue weighted by atomic mass is 9.98. The van der Waals surface area contributed by atoms with Gasteiger partial charge in [0.1, 0.15) is 16.7 Å². The van der Waals surface area contributed by atoms with Gasteiger partial charge in [0.2, 0.25) is 10.3 Å². The zero-order chi connectivity index (χ0) is 29.8. The van der Waals surface area contributed by atoms with Crippen molar-refractivity contribution >= 4 is 73.2 Å². The lowest BCUT2D eigenvalue weighted by Crippen LogP contribution is -2.46. The molecule has 3 aromatic rings. The van der Waals surface area contributed by atoms with Gasteiger partial charge < -0.3 is 15.5 Å². The number of aromatic hydroxyl groups is 1. The van der Waals surface area contributed by atoms with Crippen LogP contribution in [0.5, 0.6) is 5.75 Å². The van der Waals surface area contributed by atoms with Gasteiger partial charge in [-0.1, -0.05) is 53.5 Å². The number of phenols is 1. The van der Waals surface area contributed by atoms with Crippen molar-refractivity contribution in [1.82, 2.24) is 5.32 Å². The summed E-state index contributed by atoms with van der Waals surface area (Å²) in [6.07, 6.45) is -0.378. The Balaban J connectivity index is 1.49. The molecule has 1 heterocycles. The lowest BCUT2D eigenvalue weighted by molar-refractivity contribution is -0.140. The first kappa shape index (κ1) is 29.7. The van der Waals surface area contributed by atoms with Crippen LogP contribution < -0.4 is 5.32 Å². The minimum Gasteiger partial charge on any atom is -0.508 e. The molecule has 0 bridgehead atoms. The summed E-state index contributed by atoms with van der Waals surface area (Å²) in [7, 11) is -2.86. The minimum atomic E-state index is -2.86. The normalized spacial score (nSPS) is 12.7. The number of aryl methyl sites for hydroxylation is 1. The summed E-state index contributed by atoms with van der Waals surface area (Å²) >= 11 is 12.5. The molecule has 10 nitrogen and oxygen atoms in total. The first-order valence-electron chi connectivity index (χ1n) is 12.0. The molecule has 0 fully saturated rings. The second kappa shape index (κ2) is 12.5. The van der Waals surface area contributed by atoms with E-state index in [9.17, 15) is 37.8 Å². The van der Waals surface area contributed by atoms with Gasteiger partial charge in [-0.2, -0.15) is 8.42 Å². The molecule has 1 atom stereocenters. The van der Waals surface area contributed by atoms with Crippen LogP contribution in [0.4, 0.5) is 5.69 Å². The second-order valence-corrected chi connectivity index (χ2v) is 10.6. The van der Waals surface area contributed by atoms with Gasteiger partial charge in [0.25, 0.3) is 5.91 Å². The maximum absolute atomic E-state index is 13.1. The number of Topliss-reactive ketones (excluding diaryl/α,β-unsaturated/α-hetero) is 2. The van der Waals surface area contributed by atoms with Crippen LogP contribution in [0.3, 0.4) is 0 Å². The summed E-state index contributed by atoms with van der Waals surface area (Å²) in [6.45, 7) is 0. The number of hydrogen-bond donors (Lipinski definition) is 3. The molecule has 210 valence electrons. The molecular formula is C28H20Cl2N2O8S. The van der Waals surface area contributed by atoms with E-state index in [4.69, 9.17) is 23.2 Å². The zero-order valence-corrected chi connectivity index (χ0v) is 23.3. The Hall–Kier alpha value is -4.32. The first-order valence-corrected chi connectivity index (χ1v) is 13.8. The summed E-state index contributed by atoms with van der Waals surface area (Å²) in [5.41, 5.74) is 0.522. The van der Waals surface area contributed by atoms with Gasteiger partial charge in [0.15, 0.2) is 17.3 Å². The quantitative estimate of drug-likeness (QED) is 0.229. The highest BCUT2D eigenvalue weighted by Crippen LogP contribution is 2.30. The number of benzene rings is 3. The van der Waals surface area contributed by atoms with Gasteiger partial charge in [0, 0.05) is 24.0 Å². The number of aliphatic imine (C=N–C) groups is 1. The minimum absolute atomic E-state index is 0.0669. The van der Waals surface area contributed by atoms with E-state index in [0.29, 0.717) is 6.42 Å². The maximum Gasteiger partial charge on any atom is 0.326 e. The number of halogens is 2. The molecule has 3 aromatic carbocycles. The van der Waals surface area contributed by atoms with Crippen molar-refractivity contribution in [2.45, 2.75) is 25.3 Å². The number of aliphatic carboxylic acids is 1. The number of para-hydroxylation sites is 1. The van der Waals surface area contributed by atoms with E-state index in [1.807, 2.05) is 0 Å². The smallest absolute Gasteiger partial charge is 0.326 e. The number of carboxylic acid groups (broad SMARTS) is 1. The molecule has 0 aromatic heterocycles. The van der Waals surface area contributed by atoms with Crippen molar-refractivity contribution in [3.05, 3.63) is 93.0 Å². The van der Waals surface area contributed by atoms with Gasteiger partial charge in [-0.3, -0.25) is 14.4 Å². The predicted octanol–water partition coefficient (Wildman–Crippen LogP) is 3.84. The van der Waals surface area contributed by atoms with E-state index in [-0.39, 0.29) is 50.4 Å². The summed E-state index contributed by atoms with van der Waals surface area (Å²) in [4.78, 5) is 54.2. The van der Waals surface area contributed by atoms with Crippen LogP contribution >= 0.6 is 23.2 Å². The van der Waals surface area contributed by atoms with Gasteiger partial charge in [0.05, 0.1) is 21.3 Å². The molecule has 0 radical (unpaired) electrons. The van der Waals surface area contributed by atoms with Gasteiger partial charge in [-0.05, 0) is 42.3 Å². The number of carbonyl (C=O) groups is 4. The molecule has 41 heavy (non-hydrogen) atoms. The number of ketones is 2. The summed E-state index contributed by atoms with van der Waals surface area (Å²) in [5.74, 6) is -3.77. The molecule has 0 aliphatic carbocycles. The average Bonchev–Trinajstić information content (AvgIpc) is 3.31. The van der Waals surface area contributed by atoms with Crippen LogP contribution in [0, 0.1) is 0 Å². The van der Waals surface area contributed by atoms with Crippen molar-refractivity contribution in [3.8, 4) is 5.75 Å². The fourth-order valence-electron chi connectivity index (χ4n) is 4.21. The highest BCUT2D eigenvalue weighted by molar-refractivity contribution is 7.76. The number of fused-ring (bicyclic) bond motifs is 1. The first-order chi connectivity index (χ1) is 19.5. The van der Waals surface area contributed by atoms with E-state index < -0.39 is 51.0 Å². The topological polar surface area (TPSA) is 167 Å². The Bertz CT molecular complexity index is 1750. The number of rotatable bonds is 10. The molecule has 0 unspecified atom stereocenters. The van der Waals surface area contributed by atoms with E-state index in [2.05, 4.69) is 10.3 Å². The standard InChI is InChI=1S/C28H20Cl2N2O8S/c29-18-11-15(22(34)9-8-14-4-3-5-16(33)10-14)12-19(30)24(18)23(35)13-21(28(37)38)32-27(36)25-26(41(39)40)17-6-1-2-7-20(17)31-25/h1-7,10-12,21,33H,8-9,13H2,(H,32,36)(H,37,38)/t21-/m0/s1. The molecular weight excluding hydrogens is 595 g/mol. The van der Waals surface area contributed by atoms with E-state index in [1.54, 1.807) is 24.3 Å². The number of nitrogens with zero attached hydrogens (tertiary/aromatic N) is 1. The number of amides is 1. The van der Waals surface area contributed by atoms with Crippen molar-refractivity contribution in [1.29, 1.82) is 0 Å². The third kappa shape index (κ3) is 6.71. The second-order valence-electron chi connectivity index (χ2n) is 8.94. The Morgan fingerprint density at radius 2 is 1.61 bits per heavy atom. The van der Waals surface area contributed by atoms with Crippen molar-refractivity contribution < 1.29 is 37.8 Å². The van der Waals surface area contributed by atoms with E-state index >= 15 is 0 Å². The van der Waals surface area contributed by atoms with Gasteiger partial charge in [-0.15, -0.1) is 0 Å². The Kier molecular flexibility index (Phi) is 9.01. The molecule has 1 aliphatic heterocycles. The summed E-state index contributed by atoms with van der Waals surface area (Å²) < 4.78 is 23.6. The molecule has 3 N–H and O–H groups in total. The van der Waals surface area contributed by atoms with E-state index in [1.165, 1.54) is 36.4 Å². The number of phenolic OH excluding ortho intramolecular Hbond substituents is 1. The van der Waals surface area contributed by atoms with Crippen molar-refractivity contribution in [3.63, 3.8) is 0 Å². The molecule has 1 aliphatic rings. The predicted molar refractivity (Wildman–Crippen MR) is 152 cm³/mol. The van der Waals surface area contributed by atoms with Crippen LogP contribution in [0.2, 0.25) is 10.0 Å². The fourth-order valence-corrected chi connectivity index (χ4v) is 5.56. The molecule has 0 spiro atoms. The Morgan fingerprint density at radius 3 is 2.24 bits per heavy atom. The van der Waals surface area contributed by atoms with Crippen LogP contribution in [-0.2, 0) is 26.3 Å². The van der Waals surface area contributed by atoms with Crippen LogP contribution in [-0.4, -0.2) is 58.7 Å². The highest BCUT2D eigenvalue weighted by atomic mass is 35.5. The number of carboxylic acids is 1. The SMILES string of the molecule is O=C(N[C@@H](CC(=O)c1c(Cl)cc(C(=O)CCc2cccc(O)c2)cc1Cl)C(=O)O)C1=Nc2ccccc2C1=S(=O)=O. The Labute approximate surface area is 244 Å². The number of nitrogens with one attached hydrogen (secondary N) is 1. The monoisotopic (exact) mass is 614 g/mol. The van der Waals surface area contributed by atoms with Gasteiger partial charge >= 0.3 is 5.97 Å². The largest absolute Gasteiger partial charge is 0.508 e. The Morgan fingerprint density at radius 1 is 0.927 bits per heavy atom. The maximum atomic E-state index is 13.1. The van der Waals surface area contributed by atoms with Crippen molar-refractivity contribution in [2.24, 2.45) is 4.99 Å². The molecule has 1 amide bonds. The van der Waals surface area contributed by atoms with Crippen LogP contribution in [0.1, 0.15) is 44.7 Å². The average molecular weight is 615 g/mol. The third-order valence-corrected chi connectivity index (χ3v) is 7.51. The highest BCUT2D eigenvalue weighted by Gasteiger charge is 2.33. The van der Waals surface area contributed by atoms with E-state index in [0.717, 1.165) is 5.56 Å². The molecule has 0 saturated heterocycles. The van der Waals surface area contributed by atoms with Crippen LogP contribution in [0.15, 0.2) is 65.7 Å². The van der Waals surface area contributed by atoms with Crippen LogP contribution in [0.25, 0.3) is 0 Å². The molecule has 0 saturated carbocycles. The van der Waals surface area contributed by atoms with Crippen molar-refractivity contribution in [2.75, 3.05) is 0 Å². The number of hydrogen-bond acceptors (Lipinski definition) is 8. The van der Waals surface area contributed by atoms with Gasteiger partial charge in [-0.25, -0.2) is 9.79 Å². The fraction of sp³-hybridized carbons (Fsp3) is 0.143. The molecule has 4 rings (SSSR count). The zero-order valence-electron chi connectivity index (χ0n) is 20.9. The lowest BCUT2D eigenvalue weighted by Gasteiger charge is -2.15. The third-order valence-electron chi connectivity index (χ3n) is 6.16. The molecule has 13 heteroatoms. The summed E-state index contributed by atoms with van der Waals surface area (Å²) in [6, 6.07) is 13.2. The number of carbonyl (C=O) groups excluding carboxylic acids is 3.